The van der Waals surface area contributed by atoms with Crippen molar-refractivity contribution in [3.05, 3.63) is 28.9 Å². The standard InChI is InChI=1S/C13H15ClN2O2/c1-7(2)9-4-8(14)5-10(12(9)17-3)11-6-16-18-13(11)15/h4-7H,15H2,1-3H3. The highest BCUT2D eigenvalue weighted by Crippen LogP contribution is 2.41. The lowest BCUT2D eigenvalue weighted by Crippen LogP contribution is -1.98. The number of halogens is 1. The molecule has 0 unspecified atom stereocenters. The molecule has 0 aliphatic rings. The monoisotopic (exact) mass is 266 g/mol. The molecule has 0 atom stereocenters. The van der Waals surface area contributed by atoms with Crippen LogP contribution in [0.4, 0.5) is 5.88 Å². The SMILES string of the molecule is COc1c(-c2cnoc2N)cc(Cl)cc1C(C)C. The summed E-state index contributed by atoms with van der Waals surface area (Å²) < 4.78 is 10.4. The lowest BCUT2D eigenvalue weighted by atomic mass is 9.96. The molecule has 0 amide bonds. The minimum absolute atomic E-state index is 0.255. The van der Waals surface area contributed by atoms with E-state index in [-0.39, 0.29) is 5.88 Å². The molecule has 0 saturated carbocycles. The van der Waals surface area contributed by atoms with Crippen molar-refractivity contribution in [2.24, 2.45) is 0 Å². The van der Waals surface area contributed by atoms with Crippen LogP contribution in [0.25, 0.3) is 11.1 Å². The van der Waals surface area contributed by atoms with Gasteiger partial charge in [-0.1, -0.05) is 30.6 Å². The summed E-state index contributed by atoms with van der Waals surface area (Å²) in [4.78, 5) is 0. The molecule has 4 nitrogen and oxygen atoms in total. The van der Waals surface area contributed by atoms with Crippen molar-refractivity contribution in [2.75, 3.05) is 12.8 Å². The third-order valence-electron chi connectivity index (χ3n) is 2.80. The molecule has 1 aromatic heterocycles. The Morgan fingerprint density at radius 2 is 2.06 bits per heavy atom. The molecule has 18 heavy (non-hydrogen) atoms. The highest BCUT2D eigenvalue weighted by atomic mass is 35.5. The van der Waals surface area contributed by atoms with Gasteiger partial charge in [-0.2, -0.15) is 0 Å². The first-order chi connectivity index (χ1) is 8.54. The summed E-state index contributed by atoms with van der Waals surface area (Å²) in [7, 11) is 1.63. The van der Waals surface area contributed by atoms with E-state index in [1.54, 1.807) is 19.4 Å². The normalized spacial score (nSPS) is 10.9. The number of nitrogens with two attached hydrogens (primary N) is 1. The highest BCUT2D eigenvalue weighted by molar-refractivity contribution is 6.31. The Labute approximate surface area is 111 Å². The van der Waals surface area contributed by atoms with Gasteiger partial charge in [-0.05, 0) is 23.6 Å². The number of ether oxygens (including phenoxy) is 1. The van der Waals surface area contributed by atoms with Crippen LogP contribution in [-0.4, -0.2) is 12.3 Å². The van der Waals surface area contributed by atoms with E-state index in [0.29, 0.717) is 16.5 Å². The first-order valence-electron chi connectivity index (χ1n) is 5.62. The fourth-order valence-corrected chi connectivity index (χ4v) is 2.15. The Hall–Kier alpha value is -1.68. The first kappa shape index (κ1) is 12.8. The number of anilines is 1. The van der Waals surface area contributed by atoms with Gasteiger partial charge < -0.3 is 15.0 Å². The van der Waals surface area contributed by atoms with Crippen molar-refractivity contribution < 1.29 is 9.26 Å². The van der Waals surface area contributed by atoms with Crippen LogP contribution in [0.15, 0.2) is 22.9 Å². The van der Waals surface area contributed by atoms with Gasteiger partial charge in [0.15, 0.2) is 0 Å². The molecule has 0 spiro atoms. The number of aromatic nitrogens is 1. The maximum Gasteiger partial charge on any atom is 0.230 e. The molecule has 0 aliphatic carbocycles. The Morgan fingerprint density at radius 1 is 1.33 bits per heavy atom. The Bertz CT molecular complexity index is 564. The fourth-order valence-electron chi connectivity index (χ4n) is 1.92. The Kier molecular flexibility index (Phi) is 3.48. The van der Waals surface area contributed by atoms with E-state index in [1.807, 2.05) is 6.07 Å². The van der Waals surface area contributed by atoms with Crippen LogP contribution in [0, 0.1) is 0 Å². The summed E-state index contributed by atoms with van der Waals surface area (Å²) in [6.07, 6.45) is 1.56. The van der Waals surface area contributed by atoms with Crippen molar-refractivity contribution in [1.82, 2.24) is 5.16 Å². The largest absolute Gasteiger partial charge is 0.496 e. The molecular weight excluding hydrogens is 252 g/mol. The minimum atomic E-state index is 0.255. The summed E-state index contributed by atoms with van der Waals surface area (Å²) in [5.41, 5.74) is 8.26. The first-order valence-corrected chi connectivity index (χ1v) is 6.00. The van der Waals surface area contributed by atoms with E-state index >= 15 is 0 Å². The molecule has 2 N–H and O–H groups in total. The lowest BCUT2D eigenvalue weighted by Gasteiger charge is -2.16. The van der Waals surface area contributed by atoms with E-state index in [4.69, 9.17) is 26.6 Å². The number of nitrogen functional groups attached to an aromatic ring is 1. The third-order valence-corrected chi connectivity index (χ3v) is 3.02. The Morgan fingerprint density at radius 3 is 2.56 bits per heavy atom. The number of nitrogens with zero attached hydrogens (tertiary/aromatic N) is 1. The van der Waals surface area contributed by atoms with Crippen LogP contribution in [0.5, 0.6) is 5.75 Å². The molecule has 96 valence electrons. The van der Waals surface area contributed by atoms with Crippen molar-refractivity contribution in [3.8, 4) is 16.9 Å². The van der Waals surface area contributed by atoms with Gasteiger partial charge >= 0.3 is 0 Å². The second kappa shape index (κ2) is 4.90. The van der Waals surface area contributed by atoms with Crippen molar-refractivity contribution in [3.63, 3.8) is 0 Å². The lowest BCUT2D eigenvalue weighted by molar-refractivity contribution is 0.409. The average Bonchev–Trinajstić information content (AvgIpc) is 2.74. The van der Waals surface area contributed by atoms with E-state index in [1.165, 1.54) is 0 Å². The van der Waals surface area contributed by atoms with Crippen LogP contribution in [-0.2, 0) is 0 Å². The third kappa shape index (κ3) is 2.16. The molecule has 0 bridgehead atoms. The second-order valence-corrected chi connectivity index (χ2v) is 4.77. The van der Waals surface area contributed by atoms with Crippen molar-refractivity contribution >= 4 is 17.5 Å². The Balaban J connectivity index is 2.70. The van der Waals surface area contributed by atoms with Gasteiger partial charge in [0.25, 0.3) is 0 Å². The predicted octanol–water partition coefficient (Wildman–Crippen LogP) is 3.71. The van der Waals surface area contributed by atoms with E-state index in [2.05, 4.69) is 19.0 Å². The van der Waals surface area contributed by atoms with Gasteiger partial charge in [-0.15, -0.1) is 0 Å². The zero-order valence-corrected chi connectivity index (χ0v) is 11.3. The number of benzene rings is 1. The molecule has 0 aliphatic heterocycles. The molecule has 5 heteroatoms. The van der Waals surface area contributed by atoms with Gasteiger partial charge in [0.2, 0.25) is 5.88 Å². The highest BCUT2D eigenvalue weighted by Gasteiger charge is 2.18. The zero-order valence-electron chi connectivity index (χ0n) is 10.5. The predicted molar refractivity (Wildman–Crippen MR) is 72.0 cm³/mol. The quantitative estimate of drug-likeness (QED) is 0.920. The van der Waals surface area contributed by atoms with Crippen molar-refractivity contribution in [2.45, 2.75) is 19.8 Å². The van der Waals surface area contributed by atoms with Gasteiger partial charge in [0, 0.05) is 10.6 Å². The molecule has 0 fully saturated rings. The van der Waals surface area contributed by atoms with Gasteiger partial charge in [-0.3, -0.25) is 0 Å². The summed E-state index contributed by atoms with van der Waals surface area (Å²) >= 11 is 6.14. The maximum atomic E-state index is 6.14. The van der Waals surface area contributed by atoms with Gasteiger partial charge in [-0.25, -0.2) is 0 Å². The summed E-state index contributed by atoms with van der Waals surface area (Å²) in [6, 6.07) is 3.70. The second-order valence-electron chi connectivity index (χ2n) is 4.33. The van der Waals surface area contributed by atoms with E-state index < -0.39 is 0 Å². The number of rotatable bonds is 3. The maximum absolute atomic E-state index is 6.14. The number of hydrogen-bond acceptors (Lipinski definition) is 4. The van der Waals surface area contributed by atoms with E-state index in [9.17, 15) is 0 Å². The molecule has 2 rings (SSSR count). The van der Waals surface area contributed by atoms with Crippen molar-refractivity contribution in [1.29, 1.82) is 0 Å². The summed E-state index contributed by atoms with van der Waals surface area (Å²) in [5, 5.41) is 4.31. The molecule has 1 aromatic carbocycles. The smallest absolute Gasteiger partial charge is 0.230 e. The van der Waals surface area contributed by atoms with Gasteiger partial charge in [0.1, 0.15) is 5.75 Å². The van der Waals surface area contributed by atoms with Crippen LogP contribution in [0.3, 0.4) is 0 Å². The molecular formula is C13H15ClN2O2. The fraction of sp³-hybridized carbons (Fsp3) is 0.308. The van der Waals surface area contributed by atoms with Crippen LogP contribution >= 0.6 is 11.6 Å². The van der Waals surface area contributed by atoms with Crippen LogP contribution in [0.2, 0.25) is 5.02 Å². The number of hydrogen-bond donors (Lipinski definition) is 1. The number of methoxy groups -OCH3 is 1. The summed E-state index contributed by atoms with van der Waals surface area (Å²) in [5.74, 6) is 1.30. The zero-order chi connectivity index (χ0) is 13.3. The minimum Gasteiger partial charge on any atom is -0.496 e. The molecule has 0 saturated heterocycles. The summed E-state index contributed by atoms with van der Waals surface area (Å²) in [6.45, 7) is 4.16. The molecule has 1 heterocycles. The average molecular weight is 267 g/mol. The van der Waals surface area contributed by atoms with Crippen LogP contribution in [0.1, 0.15) is 25.3 Å². The van der Waals surface area contributed by atoms with E-state index in [0.717, 1.165) is 16.9 Å². The van der Waals surface area contributed by atoms with Crippen LogP contribution < -0.4 is 10.5 Å². The molecule has 2 aromatic rings. The topological polar surface area (TPSA) is 61.3 Å². The van der Waals surface area contributed by atoms with Gasteiger partial charge in [0.05, 0.1) is 18.9 Å². The molecule has 0 radical (unpaired) electrons.